The number of rotatable bonds is 8. The third-order valence-corrected chi connectivity index (χ3v) is 7.15. The van der Waals surface area contributed by atoms with Crippen LogP contribution in [0.1, 0.15) is 41.4 Å². The van der Waals surface area contributed by atoms with Crippen molar-refractivity contribution in [1.82, 2.24) is 14.9 Å². The summed E-state index contributed by atoms with van der Waals surface area (Å²) in [6.45, 7) is 5.30. The number of benzene rings is 2. The molecule has 0 radical (unpaired) electrons. The molecule has 0 N–H and O–H groups in total. The molecule has 1 aromatic heterocycles. The summed E-state index contributed by atoms with van der Waals surface area (Å²) in [5.41, 5.74) is 3.28. The van der Waals surface area contributed by atoms with E-state index < -0.39 is 0 Å². The summed E-state index contributed by atoms with van der Waals surface area (Å²) in [5.74, 6) is 1.84. The molecule has 2 heterocycles. The summed E-state index contributed by atoms with van der Waals surface area (Å²) in [6.07, 6.45) is 6.71. The van der Waals surface area contributed by atoms with Crippen LogP contribution in [0.25, 0.3) is 0 Å². The summed E-state index contributed by atoms with van der Waals surface area (Å²) in [4.78, 5) is 23.7. The van der Waals surface area contributed by atoms with E-state index in [2.05, 4.69) is 52.1 Å². The molecule has 2 unspecified atom stereocenters. The minimum atomic E-state index is 0.0316. The molecule has 1 aliphatic heterocycles. The first-order valence-electron chi connectivity index (χ1n) is 11.8. The van der Waals surface area contributed by atoms with Crippen LogP contribution >= 0.6 is 0 Å². The van der Waals surface area contributed by atoms with Gasteiger partial charge in [-0.3, -0.25) is 9.69 Å². The molecule has 33 heavy (non-hydrogen) atoms. The fourth-order valence-corrected chi connectivity index (χ4v) is 5.76. The van der Waals surface area contributed by atoms with Gasteiger partial charge >= 0.3 is 0 Å². The molecule has 5 rings (SSSR count). The van der Waals surface area contributed by atoms with Gasteiger partial charge in [-0.25, -0.2) is 9.97 Å². The van der Waals surface area contributed by atoms with Crippen LogP contribution in [0.3, 0.4) is 0 Å². The minimum absolute atomic E-state index is 0.0316. The highest BCUT2D eigenvalue weighted by Crippen LogP contribution is 2.50. The molecular weight excluding hydrogens is 410 g/mol. The maximum Gasteiger partial charge on any atom is 0.232 e. The first-order valence-corrected chi connectivity index (χ1v) is 11.8. The molecule has 0 bridgehead atoms. The molecule has 5 nitrogen and oxygen atoms in total. The molecule has 1 saturated carbocycles. The fraction of sp³-hybridized carbons (Fsp3) is 0.393. The van der Waals surface area contributed by atoms with E-state index in [0.717, 1.165) is 25.1 Å². The van der Waals surface area contributed by atoms with E-state index in [-0.39, 0.29) is 5.78 Å². The Morgan fingerprint density at radius 2 is 1.58 bits per heavy atom. The second kappa shape index (κ2) is 9.44. The lowest BCUT2D eigenvalue weighted by Crippen LogP contribution is -2.30. The fourth-order valence-electron chi connectivity index (χ4n) is 5.76. The first kappa shape index (κ1) is 21.8. The van der Waals surface area contributed by atoms with Crippen LogP contribution in [0.5, 0.6) is 5.88 Å². The predicted octanol–water partition coefficient (Wildman–Crippen LogP) is 4.83. The van der Waals surface area contributed by atoms with Crippen molar-refractivity contribution in [1.29, 1.82) is 0 Å². The van der Waals surface area contributed by atoms with Crippen molar-refractivity contribution in [2.24, 2.45) is 17.3 Å². The molecule has 170 valence electrons. The molecule has 2 fully saturated rings. The molecule has 2 aliphatic rings. The summed E-state index contributed by atoms with van der Waals surface area (Å²) >= 11 is 0. The Labute approximate surface area is 195 Å². The maximum atomic E-state index is 12.8. The summed E-state index contributed by atoms with van der Waals surface area (Å²) in [7, 11) is 0. The lowest BCUT2D eigenvalue weighted by Gasteiger charge is -2.27. The largest absolute Gasteiger partial charge is 0.472 e. The number of fused-ring (bicyclic) bond motifs is 1. The summed E-state index contributed by atoms with van der Waals surface area (Å²) < 4.78 is 5.68. The number of carbonyl (C=O) groups is 1. The lowest BCUT2D eigenvalue weighted by atomic mass is 9.81. The average Bonchev–Trinajstić information content (AvgIpc) is 3.33. The number of carbonyl (C=O) groups excluding carboxylic acids is 1. The molecule has 2 aromatic carbocycles. The van der Waals surface area contributed by atoms with Crippen LogP contribution in [-0.4, -0.2) is 40.3 Å². The molecule has 5 heteroatoms. The number of nitrogens with zero attached hydrogens (tertiary/aromatic N) is 3. The molecule has 1 aliphatic carbocycles. The number of hydrogen-bond acceptors (Lipinski definition) is 5. The molecule has 3 atom stereocenters. The maximum absolute atomic E-state index is 12.8. The van der Waals surface area contributed by atoms with Crippen molar-refractivity contribution in [3.05, 3.63) is 89.9 Å². The number of Topliss-reactive ketones (excluding diaryl/α,β-unsaturated/α-hetero) is 1. The van der Waals surface area contributed by atoms with Crippen LogP contribution in [0.2, 0.25) is 0 Å². The quantitative estimate of drug-likeness (QED) is 0.469. The predicted molar refractivity (Wildman–Crippen MR) is 128 cm³/mol. The van der Waals surface area contributed by atoms with Gasteiger partial charge in [0.25, 0.3) is 0 Å². The molecule has 0 spiro atoms. The van der Waals surface area contributed by atoms with Crippen LogP contribution < -0.4 is 4.74 Å². The number of aromatic nitrogens is 2. The van der Waals surface area contributed by atoms with Gasteiger partial charge in [-0.1, -0.05) is 67.6 Å². The van der Waals surface area contributed by atoms with Crippen molar-refractivity contribution in [3.8, 4) is 5.88 Å². The van der Waals surface area contributed by atoms with Gasteiger partial charge in [0.15, 0.2) is 5.78 Å². The molecular formula is C28H31N3O2. The van der Waals surface area contributed by atoms with Crippen LogP contribution in [0.4, 0.5) is 0 Å². The third-order valence-electron chi connectivity index (χ3n) is 7.15. The van der Waals surface area contributed by atoms with Crippen molar-refractivity contribution in [2.75, 3.05) is 19.6 Å². The zero-order valence-electron chi connectivity index (χ0n) is 19.2. The van der Waals surface area contributed by atoms with Crippen LogP contribution in [0.15, 0.2) is 73.1 Å². The zero-order chi connectivity index (χ0) is 22.7. The van der Waals surface area contributed by atoms with Gasteiger partial charge in [0.2, 0.25) is 5.88 Å². The Balaban J connectivity index is 1.11. The van der Waals surface area contributed by atoms with Gasteiger partial charge in [0.1, 0.15) is 12.3 Å². The Hall–Kier alpha value is -3.05. The topological polar surface area (TPSA) is 55.3 Å². The molecule has 1 saturated heterocycles. The highest BCUT2D eigenvalue weighted by Gasteiger charge is 2.46. The van der Waals surface area contributed by atoms with Gasteiger partial charge in [-0.05, 0) is 47.6 Å². The average molecular weight is 442 g/mol. The molecule has 3 aromatic rings. The zero-order valence-corrected chi connectivity index (χ0v) is 19.2. The normalized spacial score (nSPS) is 24.5. The number of likely N-dealkylation sites (tertiary alicyclic amines) is 1. The van der Waals surface area contributed by atoms with Gasteiger partial charge in [-0.2, -0.15) is 0 Å². The van der Waals surface area contributed by atoms with Crippen molar-refractivity contribution in [2.45, 2.75) is 32.8 Å². The van der Waals surface area contributed by atoms with Crippen LogP contribution in [0, 0.1) is 17.3 Å². The second-order valence-electron chi connectivity index (χ2n) is 10.0. The smallest absolute Gasteiger partial charge is 0.232 e. The van der Waals surface area contributed by atoms with E-state index in [4.69, 9.17) is 4.74 Å². The third kappa shape index (κ3) is 5.31. The van der Waals surface area contributed by atoms with Crippen molar-refractivity contribution >= 4 is 5.78 Å². The molecule has 0 amide bonds. The van der Waals surface area contributed by atoms with E-state index in [9.17, 15) is 4.79 Å². The van der Waals surface area contributed by atoms with Gasteiger partial charge in [-0.15, -0.1) is 0 Å². The van der Waals surface area contributed by atoms with Crippen molar-refractivity contribution < 1.29 is 9.53 Å². The SMILES string of the molecule is CC1(Cc2ccccc2)CC2CN(CC(=O)c3cnc(OCc4ccccc4)cn3)C[C@@H]2C1. The number of ketones is 1. The second-order valence-corrected chi connectivity index (χ2v) is 10.0. The van der Waals surface area contributed by atoms with Crippen molar-refractivity contribution in [3.63, 3.8) is 0 Å². The summed E-state index contributed by atoms with van der Waals surface area (Å²) in [5, 5.41) is 0. The Morgan fingerprint density at radius 1 is 0.939 bits per heavy atom. The first-order chi connectivity index (χ1) is 16.1. The number of hydrogen-bond donors (Lipinski definition) is 0. The highest BCUT2D eigenvalue weighted by molar-refractivity contribution is 5.95. The van der Waals surface area contributed by atoms with Gasteiger partial charge in [0.05, 0.1) is 18.9 Å². The van der Waals surface area contributed by atoms with E-state index in [1.54, 1.807) is 6.20 Å². The highest BCUT2D eigenvalue weighted by atomic mass is 16.5. The van der Waals surface area contributed by atoms with E-state index >= 15 is 0 Å². The summed E-state index contributed by atoms with van der Waals surface area (Å²) in [6, 6.07) is 20.7. The monoisotopic (exact) mass is 441 g/mol. The Morgan fingerprint density at radius 3 is 2.18 bits per heavy atom. The number of ether oxygens (including phenoxy) is 1. The van der Waals surface area contributed by atoms with Crippen LogP contribution in [-0.2, 0) is 13.0 Å². The Bertz CT molecular complexity index is 1060. The van der Waals surface area contributed by atoms with E-state index in [0.29, 0.717) is 42.0 Å². The van der Waals surface area contributed by atoms with E-state index in [1.807, 2.05) is 30.3 Å². The minimum Gasteiger partial charge on any atom is -0.472 e. The Kier molecular flexibility index (Phi) is 6.23. The standard InChI is InChI=1S/C28H31N3O2/c1-28(12-21-8-4-2-5-9-21)13-23-17-31(18-24(23)14-28)19-26(32)25-15-30-27(16-29-25)33-20-22-10-6-3-7-11-22/h2-11,15-16,23-24H,12-14,17-20H2,1H3/t23-,24?,28?/m0/s1. The van der Waals surface area contributed by atoms with Gasteiger partial charge in [0, 0.05) is 13.1 Å². The lowest BCUT2D eigenvalue weighted by molar-refractivity contribution is 0.0932. The van der Waals surface area contributed by atoms with Gasteiger partial charge < -0.3 is 4.74 Å². The van der Waals surface area contributed by atoms with E-state index in [1.165, 1.54) is 24.6 Å².